The van der Waals surface area contributed by atoms with Crippen LogP contribution < -0.4 is 5.32 Å². The number of imidazole rings is 1. The molecule has 126 valence electrons. The van der Waals surface area contributed by atoms with Gasteiger partial charge in [-0.05, 0) is 26.3 Å². The summed E-state index contributed by atoms with van der Waals surface area (Å²) in [7, 11) is 1.91. The Labute approximate surface area is 140 Å². The molecule has 1 aromatic rings. The molecule has 0 bridgehead atoms. The molecule has 0 aromatic carbocycles. The van der Waals surface area contributed by atoms with Crippen LogP contribution in [0.2, 0.25) is 0 Å². The van der Waals surface area contributed by atoms with Gasteiger partial charge in [0.1, 0.15) is 5.78 Å². The first-order chi connectivity index (χ1) is 10.9. The molecule has 0 spiro atoms. The van der Waals surface area contributed by atoms with Gasteiger partial charge in [-0.15, -0.1) is 0 Å². The Hall–Kier alpha value is -1.76. The summed E-state index contributed by atoms with van der Waals surface area (Å²) >= 11 is 1.43. The van der Waals surface area contributed by atoms with Crippen LogP contribution in [0.5, 0.6) is 0 Å². The number of aryl methyl sites for hydroxylation is 2. The quantitative estimate of drug-likeness (QED) is 0.737. The van der Waals surface area contributed by atoms with Crippen molar-refractivity contribution >= 4 is 23.5 Å². The van der Waals surface area contributed by atoms with Gasteiger partial charge in [0.25, 0.3) is 0 Å². The van der Waals surface area contributed by atoms with Crippen molar-refractivity contribution in [2.24, 2.45) is 7.05 Å². The second kappa shape index (κ2) is 7.68. The van der Waals surface area contributed by atoms with Crippen LogP contribution in [0.15, 0.2) is 23.7 Å². The zero-order valence-corrected chi connectivity index (χ0v) is 14.6. The van der Waals surface area contributed by atoms with Gasteiger partial charge in [0, 0.05) is 32.5 Å². The van der Waals surface area contributed by atoms with Gasteiger partial charge in [-0.3, -0.25) is 9.59 Å². The second-order valence-electron chi connectivity index (χ2n) is 5.93. The van der Waals surface area contributed by atoms with E-state index in [2.05, 4.69) is 10.3 Å². The van der Waals surface area contributed by atoms with Crippen LogP contribution in [0.3, 0.4) is 0 Å². The lowest BCUT2D eigenvalue weighted by Crippen LogP contribution is -2.45. The van der Waals surface area contributed by atoms with Gasteiger partial charge in [0.15, 0.2) is 10.9 Å². The molecule has 7 heteroatoms. The maximum Gasteiger partial charge on any atom is 0.223 e. The number of amides is 1. The van der Waals surface area contributed by atoms with Crippen LogP contribution >= 0.6 is 11.8 Å². The smallest absolute Gasteiger partial charge is 0.223 e. The molecule has 0 saturated carbocycles. The van der Waals surface area contributed by atoms with E-state index in [9.17, 15) is 9.59 Å². The van der Waals surface area contributed by atoms with E-state index in [0.29, 0.717) is 31.4 Å². The lowest BCUT2D eigenvalue weighted by atomic mass is 10.1. The second-order valence-corrected chi connectivity index (χ2v) is 6.87. The lowest BCUT2D eigenvalue weighted by molar-refractivity contribution is -0.127. The molecule has 1 aliphatic heterocycles. The van der Waals surface area contributed by atoms with Crippen molar-refractivity contribution in [1.82, 2.24) is 14.9 Å². The molecule has 1 N–H and O–H groups in total. The first-order valence-corrected chi connectivity index (χ1v) is 8.65. The maximum absolute atomic E-state index is 11.9. The molecule has 1 atom stereocenters. The van der Waals surface area contributed by atoms with Crippen LogP contribution in [-0.4, -0.2) is 32.7 Å². The SMILES string of the molecule is Cc1cn(C)c(SCC(=O)CCCC(=O)NC2(C)CC=CO2)n1. The number of nitrogens with zero attached hydrogens (tertiary/aromatic N) is 2. The minimum absolute atomic E-state index is 0.0867. The molecule has 6 nitrogen and oxygen atoms in total. The van der Waals surface area contributed by atoms with E-state index in [4.69, 9.17) is 4.74 Å². The van der Waals surface area contributed by atoms with Gasteiger partial charge >= 0.3 is 0 Å². The summed E-state index contributed by atoms with van der Waals surface area (Å²) < 4.78 is 7.26. The normalized spacial score (nSPS) is 19.6. The monoisotopic (exact) mass is 337 g/mol. The highest BCUT2D eigenvalue weighted by atomic mass is 32.2. The predicted octanol–water partition coefficient (Wildman–Crippen LogP) is 2.33. The van der Waals surface area contributed by atoms with Crippen molar-refractivity contribution < 1.29 is 14.3 Å². The molecule has 1 aromatic heterocycles. The number of thioether (sulfide) groups is 1. The number of hydrogen-bond donors (Lipinski definition) is 1. The van der Waals surface area contributed by atoms with E-state index < -0.39 is 5.72 Å². The Morgan fingerprint density at radius 1 is 1.48 bits per heavy atom. The first kappa shape index (κ1) is 17.6. The van der Waals surface area contributed by atoms with E-state index in [1.54, 1.807) is 6.26 Å². The number of ketones is 1. The van der Waals surface area contributed by atoms with Gasteiger partial charge in [-0.2, -0.15) is 0 Å². The minimum Gasteiger partial charge on any atom is -0.476 e. The summed E-state index contributed by atoms with van der Waals surface area (Å²) in [6.45, 7) is 3.76. The molecule has 2 rings (SSSR count). The average Bonchev–Trinajstić information content (AvgIpc) is 3.02. The predicted molar refractivity (Wildman–Crippen MR) is 88.9 cm³/mol. The van der Waals surface area contributed by atoms with Crippen molar-refractivity contribution in [3.05, 3.63) is 24.2 Å². The highest BCUT2D eigenvalue weighted by Gasteiger charge is 2.28. The van der Waals surface area contributed by atoms with Gasteiger partial charge in [0.05, 0.1) is 17.7 Å². The van der Waals surface area contributed by atoms with Crippen LogP contribution in [0.4, 0.5) is 0 Å². The van der Waals surface area contributed by atoms with E-state index in [0.717, 1.165) is 10.9 Å². The third-order valence-corrected chi connectivity index (χ3v) is 4.62. The Morgan fingerprint density at radius 2 is 2.26 bits per heavy atom. The fraction of sp³-hybridized carbons (Fsp3) is 0.562. The number of carbonyl (C=O) groups excluding carboxylic acids is 2. The van der Waals surface area contributed by atoms with E-state index in [-0.39, 0.29) is 11.7 Å². The number of ether oxygens (including phenoxy) is 1. The van der Waals surface area contributed by atoms with Gasteiger partial charge in [-0.25, -0.2) is 4.98 Å². The summed E-state index contributed by atoms with van der Waals surface area (Å²) in [5.74, 6) is 0.432. The van der Waals surface area contributed by atoms with Crippen LogP contribution in [0.1, 0.15) is 38.3 Å². The molecule has 2 heterocycles. The molecule has 1 amide bonds. The van der Waals surface area contributed by atoms with Crippen molar-refractivity contribution in [2.45, 2.75) is 50.4 Å². The summed E-state index contributed by atoms with van der Waals surface area (Å²) in [5, 5.41) is 3.68. The largest absolute Gasteiger partial charge is 0.476 e. The van der Waals surface area contributed by atoms with Crippen molar-refractivity contribution in [3.63, 3.8) is 0 Å². The Morgan fingerprint density at radius 3 is 2.87 bits per heavy atom. The molecule has 0 radical (unpaired) electrons. The van der Waals surface area contributed by atoms with E-state index >= 15 is 0 Å². The van der Waals surface area contributed by atoms with E-state index in [1.807, 2.05) is 37.7 Å². The molecule has 1 unspecified atom stereocenters. The lowest BCUT2D eigenvalue weighted by Gasteiger charge is -2.24. The van der Waals surface area contributed by atoms with Crippen molar-refractivity contribution in [1.29, 1.82) is 0 Å². The Kier molecular flexibility index (Phi) is 5.87. The van der Waals surface area contributed by atoms with Crippen molar-refractivity contribution in [2.75, 3.05) is 5.75 Å². The highest BCUT2D eigenvalue weighted by Crippen LogP contribution is 2.20. The number of nitrogens with one attached hydrogen (secondary N) is 1. The third kappa shape index (κ3) is 5.42. The number of Topliss-reactive ketones (excluding diaryl/α,β-unsaturated/α-hetero) is 1. The molecule has 0 saturated heterocycles. The average molecular weight is 337 g/mol. The summed E-state index contributed by atoms with van der Waals surface area (Å²) in [6.07, 6.45) is 7.35. The number of hydrogen-bond acceptors (Lipinski definition) is 5. The molecule has 0 aliphatic carbocycles. The molecular formula is C16H23N3O3S. The minimum atomic E-state index is -0.632. The number of aromatic nitrogens is 2. The summed E-state index contributed by atoms with van der Waals surface area (Å²) in [5.41, 5.74) is 0.309. The zero-order chi connectivity index (χ0) is 16.9. The first-order valence-electron chi connectivity index (χ1n) is 7.66. The molecule has 0 fully saturated rings. The maximum atomic E-state index is 11.9. The van der Waals surface area contributed by atoms with Gasteiger partial charge in [-0.1, -0.05) is 11.8 Å². The van der Waals surface area contributed by atoms with Gasteiger partial charge in [0.2, 0.25) is 5.91 Å². The molecular weight excluding hydrogens is 314 g/mol. The Bertz CT molecular complexity index is 602. The third-order valence-electron chi connectivity index (χ3n) is 3.51. The number of rotatable bonds is 8. The zero-order valence-electron chi connectivity index (χ0n) is 13.8. The van der Waals surface area contributed by atoms with E-state index in [1.165, 1.54) is 11.8 Å². The molecule has 23 heavy (non-hydrogen) atoms. The topological polar surface area (TPSA) is 73.2 Å². The fourth-order valence-corrected chi connectivity index (χ4v) is 3.25. The van der Waals surface area contributed by atoms with Crippen LogP contribution in [-0.2, 0) is 21.4 Å². The van der Waals surface area contributed by atoms with Crippen molar-refractivity contribution in [3.8, 4) is 0 Å². The highest BCUT2D eigenvalue weighted by molar-refractivity contribution is 7.99. The number of carbonyl (C=O) groups is 2. The molecule has 1 aliphatic rings. The summed E-state index contributed by atoms with van der Waals surface area (Å²) in [6, 6.07) is 0. The van der Waals surface area contributed by atoms with Gasteiger partial charge < -0.3 is 14.6 Å². The van der Waals surface area contributed by atoms with Crippen LogP contribution in [0.25, 0.3) is 0 Å². The fourth-order valence-electron chi connectivity index (χ4n) is 2.35. The standard InChI is InChI=1S/C16H23N3O3S/c1-12-10-19(3)15(17-12)23-11-13(20)6-4-7-14(21)18-16(2)8-5-9-22-16/h5,9-10H,4,6-8,11H2,1-3H3,(H,18,21). The van der Waals surface area contributed by atoms with Crippen LogP contribution in [0, 0.1) is 6.92 Å². The Balaban J connectivity index is 1.63. The summed E-state index contributed by atoms with van der Waals surface area (Å²) in [4.78, 5) is 28.1.